The fraction of sp³-hybridized carbons (Fsp3) is 0.0476. The van der Waals surface area contributed by atoms with Crippen molar-refractivity contribution in [1.82, 2.24) is 24.3 Å². The maximum atomic E-state index is 13.1. The molecule has 0 aliphatic carbocycles. The highest BCUT2D eigenvalue weighted by Gasteiger charge is 2.13. The number of fused-ring (bicyclic) bond motifs is 1. The average Bonchev–Trinajstić information content (AvgIpc) is 3.39. The van der Waals surface area contributed by atoms with E-state index in [-0.39, 0.29) is 23.8 Å². The van der Waals surface area contributed by atoms with Crippen LogP contribution in [0.5, 0.6) is 0 Å². The normalized spacial score (nSPS) is 11.3. The highest BCUT2D eigenvalue weighted by Crippen LogP contribution is 2.21. The Morgan fingerprint density at radius 2 is 1.73 bits per heavy atom. The van der Waals surface area contributed by atoms with Crippen LogP contribution in [0, 0.1) is 5.82 Å². The molecule has 5 aromatic rings. The average molecular weight is 422 g/mol. The molecule has 3 aromatic heterocycles. The van der Waals surface area contributed by atoms with Crippen LogP contribution >= 0.6 is 11.6 Å². The summed E-state index contributed by atoms with van der Waals surface area (Å²) in [5, 5.41) is 8.98. The summed E-state index contributed by atoms with van der Waals surface area (Å²) in [5.41, 5.74) is 2.32. The number of rotatable bonds is 4. The van der Waals surface area contributed by atoms with Gasteiger partial charge >= 0.3 is 0 Å². The van der Waals surface area contributed by atoms with Crippen molar-refractivity contribution >= 4 is 17.1 Å². The number of aromatic nitrogens is 5. The van der Waals surface area contributed by atoms with Crippen LogP contribution < -0.4 is 5.56 Å². The Labute approximate surface area is 174 Å². The number of hydrogen-bond acceptors (Lipinski definition) is 5. The number of benzene rings is 2. The zero-order valence-electron chi connectivity index (χ0n) is 15.4. The molecule has 30 heavy (non-hydrogen) atoms. The number of halogens is 2. The van der Waals surface area contributed by atoms with Crippen molar-refractivity contribution in [3.8, 4) is 22.6 Å². The van der Waals surface area contributed by atoms with Crippen LogP contribution in [0.1, 0.15) is 5.89 Å². The number of hydrogen-bond donors (Lipinski definition) is 0. The van der Waals surface area contributed by atoms with E-state index in [4.69, 9.17) is 16.1 Å². The van der Waals surface area contributed by atoms with Crippen molar-refractivity contribution in [2.24, 2.45) is 0 Å². The fourth-order valence-corrected chi connectivity index (χ4v) is 3.22. The second-order valence-electron chi connectivity index (χ2n) is 6.62. The summed E-state index contributed by atoms with van der Waals surface area (Å²) in [7, 11) is 0. The molecule has 0 amide bonds. The molecule has 148 valence electrons. The van der Waals surface area contributed by atoms with E-state index in [1.165, 1.54) is 21.2 Å². The lowest BCUT2D eigenvalue weighted by atomic mass is 10.1. The molecule has 7 nitrogen and oxygen atoms in total. The van der Waals surface area contributed by atoms with E-state index >= 15 is 0 Å². The van der Waals surface area contributed by atoms with Crippen molar-refractivity contribution < 1.29 is 8.91 Å². The van der Waals surface area contributed by atoms with Crippen molar-refractivity contribution in [2.45, 2.75) is 6.54 Å². The molecule has 0 N–H and O–H groups in total. The Morgan fingerprint density at radius 3 is 2.50 bits per heavy atom. The van der Waals surface area contributed by atoms with E-state index in [0.29, 0.717) is 27.6 Å². The van der Waals surface area contributed by atoms with Gasteiger partial charge in [-0.15, -0.1) is 0 Å². The third-order valence-electron chi connectivity index (χ3n) is 4.62. The maximum absolute atomic E-state index is 13.1. The summed E-state index contributed by atoms with van der Waals surface area (Å²) >= 11 is 5.93. The molecular weight excluding hydrogens is 409 g/mol. The van der Waals surface area contributed by atoms with Gasteiger partial charge in [-0.25, -0.2) is 8.91 Å². The first kappa shape index (κ1) is 18.3. The third kappa shape index (κ3) is 3.37. The quantitative estimate of drug-likeness (QED) is 0.437. The molecule has 5 rings (SSSR count). The molecule has 3 heterocycles. The first-order valence-corrected chi connectivity index (χ1v) is 9.38. The van der Waals surface area contributed by atoms with Crippen LogP contribution in [0.4, 0.5) is 4.39 Å². The van der Waals surface area contributed by atoms with Gasteiger partial charge in [-0.2, -0.15) is 10.1 Å². The van der Waals surface area contributed by atoms with Crippen molar-refractivity contribution in [2.75, 3.05) is 0 Å². The Morgan fingerprint density at radius 1 is 1.00 bits per heavy atom. The fourth-order valence-electron chi connectivity index (χ4n) is 3.09. The molecule has 0 saturated carbocycles. The highest BCUT2D eigenvalue weighted by molar-refractivity contribution is 6.30. The van der Waals surface area contributed by atoms with Gasteiger partial charge in [0, 0.05) is 28.5 Å². The predicted octanol–water partition coefficient (Wildman–Crippen LogP) is 4.05. The summed E-state index contributed by atoms with van der Waals surface area (Å²) in [4.78, 5) is 17.2. The maximum Gasteiger partial charge on any atom is 0.277 e. The van der Waals surface area contributed by atoms with Gasteiger partial charge in [0.2, 0.25) is 11.7 Å². The molecule has 0 aliphatic heterocycles. The molecule has 0 unspecified atom stereocenters. The van der Waals surface area contributed by atoms with Crippen LogP contribution in [0.15, 0.2) is 76.3 Å². The zero-order chi connectivity index (χ0) is 20.7. The van der Waals surface area contributed by atoms with E-state index in [9.17, 15) is 9.18 Å². The molecule has 0 aliphatic rings. The molecule has 0 spiro atoms. The highest BCUT2D eigenvalue weighted by atomic mass is 35.5. The van der Waals surface area contributed by atoms with E-state index < -0.39 is 0 Å². The molecule has 0 fully saturated rings. The summed E-state index contributed by atoms with van der Waals surface area (Å²) in [6, 6.07) is 14.7. The summed E-state index contributed by atoms with van der Waals surface area (Å²) in [6.07, 6.45) is 3.29. The van der Waals surface area contributed by atoms with Gasteiger partial charge in [0.1, 0.15) is 17.9 Å². The second-order valence-corrected chi connectivity index (χ2v) is 7.05. The lowest BCUT2D eigenvalue weighted by molar-refractivity contribution is 0.370. The Hall–Kier alpha value is -3.78. The largest absolute Gasteiger partial charge is 0.337 e. The minimum Gasteiger partial charge on any atom is -0.337 e. The SMILES string of the molecule is O=c1c2cc(-c3ccc(Cl)cc3)nn2ccn1Cc1nc(-c2ccc(F)cc2)no1. The first-order chi connectivity index (χ1) is 14.6. The zero-order valence-corrected chi connectivity index (χ0v) is 16.1. The van der Waals surface area contributed by atoms with Gasteiger partial charge < -0.3 is 9.09 Å². The van der Waals surface area contributed by atoms with Crippen molar-refractivity contribution in [1.29, 1.82) is 0 Å². The van der Waals surface area contributed by atoms with Gasteiger partial charge in [0.05, 0.1) is 5.69 Å². The van der Waals surface area contributed by atoms with E-state index in [1.807, 2.05) is 12.1 Å². The van der Waals surface area contributed by atoms with Crippen LogP contribution in [-0.2, 0) is 6.54 Å². The Kier molecular flexibility index (Phi) is 4.40. The summed E-state index contributed by atoms with van der Waals surface area (Å²) in [6.45, 7) is 0.102. The molecule has 0 saturated heterocycles. The molecule has 0 atom stereocenters. The van der Waals surface area contributed by atoms with E-state index in [0.717, 1.165) is 5.56 Å². The molecule has 9 heteroatoms. The van der Waals surface area contributed by atoms with Crippen molar-refractivity contribution in [3.63, 3.8) is 0 Å². The van der Waals surface area contributed by atoms with Gasteiger partial charge in [0.25, 0.3) is 5.56 Å². The van der Waals surface area contributed by atoms with Gasteiger partial charge in [0.15, 0.2) is 0 Å². The lowest BCUT2D eigenvalue weighted by Crippen LogP contribution is -2.21. The topological polar surface area (TPSA) is 78.2 Å². The Balaban J connectivity index is 1.45. The third-order valence-corrected chi connectivity index (χ3v) is 4.87. The van der Waals surface area contributed by atoms with Crippen LogP contribution in [-0.4, -0.2) is 24.3 Å². The van der Waals surface area contributed by atoms with E-state index in [2.05, 4.69) is 15.2 Å². The monoisotopic (exact) mass is 421 g/mol. The first-order valence-electron chi connectivity index (χ1n) is 9.00. The molecule has 0 radical (unpaired) electrons. The standard InChI is InChI=1S/C21H13ClFN5O2/c22-15-5-1-13(2-6-15)17-11-18-21(29)27(9-10-28(18)25-17)12-19-24-20(26-30-19)14-3-7-16(23)8-4-14/h1-11H,12H2. The van der Waals surface area contributed by atoms with Crippen LogP contribution in [0.2, 0.25) is 5.02 Å². The van der Waals surface area contributed by atoms with Gasteiger partial charge in [-0.1, -0.05) is 28.9 Å². The minimum atomic E-state index is -0.346. The summed E-state index contributed by atoms with van der Waals surface area (Å²) < 4.78 is 21.3. The van der Waals surface area contributed by atoms with Crippen LogP contribution in [0.3, 0.4) is 0 Å². The molecular formula is C21H13ClFN5O2. The number of nitrogens with zero attached hydrogens (tertiary/aromatic N) is 5. The van der Waals surface area contributed by atoms with Crippen LogP contribution in [0.25, 0.3) is 28.2 Å². The lowest BCUT2D eigenvalue weighted by Gasteiger charge is -2.01. The van der Waals surface area contributed by atoms with Gasteiger partial charge in [-0.05, 0) is 42.5 Å². The smallest absolute Gasteiger partial charge is 0.277 e. The minimum absolute atomic E-state index is 0.102. The van der Waals surface area contributed by atoms with E-state index in [1.54, 1.807) is 42.7 Å². The molecule has 0 bridgehead atoms. The predicted molar refractivity (Wildman–Crippen MR) is 109 cm³/mol. The van der Waals surface area contributed by atoms with Crippen molar-refractivity contribution in [3.05, 3.63) is 94.1 Å². The Bertz CT molecular complexity index is 1400. The summed E-state index contributed by atoms with van der Waals surface area (Å²) in [5.74, 6) is 0.243. The molecule has 2 aromatic carbocycles. The second kappa shape index (κ2) is 7.23. The van der Waals surface area contributed by atoms with Gasteiger partial charge in [-0.3, -0.25) is 4.79 Å².